The fourth-order valence-corrected chi connectivity index (χ4v) is 5.17. The Labute approximate surface area is 209 Å². The second-order valence-corrected chi connectivity index (χ2v) is 9.78. The smallest absolute Gasteiger partial charge is 0.434 e. The van der Waals surface area contributed by atoms with Gasteiger partial charge in [-0.2, -0.15) is 4.31 Å². The number of anilines is 1. The number of amides is 1. The Kier molecular flexibility index (Phi) is 6.53. The van der Waals surface area contributed by atoms with E-state index in [0.29, 0.717) is 15.6 Å². The first-order valence-electron chi connectivity index (χ1n) is 10.3. The summed E-state index contributed by atoms with van der Waals surface area (Å²) in [4.78, 5) is 35.4. The minimum atomic E-state index is -4.76. The molecule has 1 heterocycles. The lowest BCUT2D eigenvalue weighted by molar-refractivity contribution is -0.384. The number of carbonyl (C=O) groups is 2. The summed E-state index contributed by atoms with van der Waals surface area (Å²) < 4.78 is 38.6. The number of para-hydroxylation sites is 1. The van der Waals surface area contributed by atoms with Crippen molar-refractivity contribution in [3.8, 4) is 5.75 Å². The number of carbonyl (C=O) groups excluding carboxylic acids is 2. The molecule has 0 spiro atoms. The van der Waals surface area contributed by atoms with E-state index < -0.39 is 31.6 Å². The van der Waals surface area contributed by atoms with E-state index in [9.17, 15) is 28.1 Å². The highest BCUT2D eigenvalue weighted by Gasteiger charge is 2.35. The fraction of sp³-hybridized carbons (Fsp3) is 0.0833. The molecule has 0 saturated carbocycles. The average molecular weight is 529 g/mol. The van der Waals surface area contributed by atoms with Gasteiger partial charge in [0.25, 0.3) is 15.7 Å². The molecule has 0 unspecified atom stereocenters. The van der Waals surface area contributed by atoms with E-state index in [1.54, 1.807) is 25.1 Å². The summed E-state index contributed by atoms with van der Waals surface area (Å²) in [5.41, 5.74) is -0.307. The maximum absolute atomic E-state index is 13.7. The summed E-state index contributed by atoms with van der Waals surface area (Å²) in [6, 6.07) is 14.6. The SMILES string of the molecule is CC(=O)c1c(C)oc2ccc(N(C(=O)Oc3ccccc3)S(=O)(=O)c3ccc(Cl)c([N+](=O)[O-])c3)cc12. The predicted octanol–water partition coefficient (Wildman–Crippen LogP) is 5.90. The summed E-state index contributed by atoms with van der Waals surface area (Å²) in [6.45, 7) is 2.91. The summed E-state index contributed by atoms with van der Waals surface area (Å²) in [5.74, 6) is 0.0664. The molecule has 0 aliphatic carbocycles. The molecule has 12 heteroatoms. The van der Waals surface area contributed by atoms with E-state index in [2.05, 4.69) is 0 Å². The largest absolute Gasteiger partial charge is 0.461 e. The van der Waals surface area contributed by atoms with Crippen LogP contribution in [0.25, 0.3) is 11.0 Å². The Balaban J connectivity index is 1.92. The molecular weight excluding hydrogens is 512 g/mol. The van der Waals surface area contributed by atoms with E-state index in [1.807, 2.05) is 0 Å². The van der Waals surface area contributed by atoms with Gasteiger partial charge in [-0.05, 0) is 56.3 Å². The van der Waals surface area contributed by atoms with Crippen molar-refractivity contribution in [2.24, 2.45) is 0 Å². The third kappa shape index (κ3) is 4.53. The van der Waals surface area contributed by atoms with Crippen LogP contribution in [0.2, 0.25) is 5.02 Å². The number of nitro benzene ring substituents is 1. The monoisotopic (exact) mass is 528 g/mol. The quantitative estimate of drug-likeness (QED) is 0.171. The topological polar surface area (TPSA) is 137 Å². The van der Waals surface area contributed by atoms with Gasteiger partial charge in [-0.15, -0.1) is 0 Å². The maximum Gasteiger partial charge on any atom is 0.434 e. The summed E-state index contributed by atoms with van der Waals surface area (Å²) in [7, 11) is -4.76. The van der Waals surface area contributed by atoms with Crippen molar-refractivity contribution in [2.75, 3.05) is 4.31 Å². The van der Waals surface area contributed by atoms with Crippen LogP contribution in [0.4, 0.5) is 16.2 Å². The Hall–Kier alpha value is -4.22. The van der Waals surface area contributed by atoms with Crippen LogP contribution in [0.5, 0.6) is 5.75 Å². The number of sulfonamides is 1. The molecule has 0 aliphatic heterocycles. The van der Waals surface area contributed by atoms with Gasteiger partial charge >= 0.3 is 6.09 Å². The molecule has 4 aromatic rings. The van der Waals surface area contributed by atoms with Crippen LogP contribution in [-0.2, 0) is 10.0 Å². The number of ketones is 1. The number of hydrogen-bond acceptors (Lipinski definition) is 8. The van der Waals surface area contributed by atoms with Gasteiger partial charge in [-0.1, -0.05) is 29.8 Å². The number of Topliss-reactive ketones (excluding diaryl/α,β-unsaturated/α-hetero) is 1. The molecule has 0 radical (unpaired) electrons. The highest BCUT2D eigenvalue weighted by molar-refractivity contribution is 7.93. The van der Waals surface area contributed by atoms with Crippen molar-refractivity contribution in [1.29, 1.82) is 0 Å². The van der Waals surface area contributed by atoms with Gasteiger partial charge in [-0.25, -0.2) is 13.2 Å². The number of benzene rings is 3. The van der Waals surface area contributed by atoms with Crippen molar-refractivity contribution in [1.82, 2.24) is 0 Å². The second-order valence-electron chi connectivity index (χ2n) is 7.59. The molecule has 36 heavy (non-hydrogen) atoms. The van der Waals surface area contributed by atoms with Crippen molar-refractivity contribution in [2.45, 2.75) is 18.7 Å². The van der Waals surface area contributed by atoms with E-state index in [4.69, 9.17) is 20.8 Å². The number of ether oxygens (including phenoxy) is 1. The minimum absolute atomic E-state index is 0.0643. The first-order chi connectivity index (χ1) is 17.0. The van der Waals surface area contributed by atoms with Gasteiger partial charge in [0.1, 0.15) is 22.1 Å². The lowest BCUT2D eigenvalue weighted by Gasteiger charge is -2.22. The molecule has 4 rings (SSSR count). The van der Waals surface area contributed by atoms with Crippen molar-refractivity contribution in [3.05, 3.63) is 93.2 Å². The Morgan fingerprint density at radius 3 is 2.39 bits per heavy atom. The highest BCUT2D eigenvalue weighted by atomic mass is 35.5. The first kappa shape index (κ1) is 24.9. The number of hydrogen-bond donors (Lipinski definition) is 0. The van der Waals surface area contributed by atoms with Crippen LogP contribution >= 0.6 is 11.6 Å². The van der Waals surface area contributed by atoms with E-state index in [-0.39, 0.29) is 33.2 Å². The Morgan fingerprint density at radius 2 is 1.75 bits per heavy atom. The van der Waals surface area contributed by atoms with Gasteiger partial charge in [0.05, 0.1) is 21.1 Å². The van der Waals surface area contributed by atoms with Crippen molar-refractivity contribution >= 4 is 55.8 Å². The van der Waals surface area contributed by atoms with Crippen molar-refractivity contribution in [3.63, 3.8) is 0 Å². The second kappa shape index (κ2) is 9.44. The molecule has 184 valence electrons. The van der Waals surface area contributed by atoms with Crippen LogP contribution < -0.4 is 9.04 Å². The summed E-state index contributed by atoms with van der Waals surface area (Å²) in [6.07, 6.45) is -1.30. The lowest BCUT2D eigenvalue weighted by atomic mass is 10.1. The lowest BCUT2D eigenvalue weighted by Crippen LogP contribution is -2.39. The molecule has 0 bridgehead atoms. The van der Waals surface area contributed by atoms with Gasteiger partial charge in [0.2, 0.25) is 0 Å². The minimum Gasteiger partial charge on any atom is -0.461 e. The number of rotatable bonds is 6. The number of nitrogens with zero attached hydrogens (tertiary/aromatic N) is 2. The normalized spacial score (nSPS) is 11.3. The van der Waals surface area contributed by atoms with Gasteiger partial charge in [-0.3, -0.25) is 14.9 Å². The summed E-state index contributed by atoms with van der Waals surface area (Å²) in [5, 5.41) is 11.4. The van der Waals surface area contributed by atoms with Crippen LogP contribution in [0.3, 0.4) is 0 Å². The van der Waals surface area contributed by atoms with Gasteiger partial charge < -0.3 is 9.15 Å². The molecule has 3 aromatic carbocycles. The Bertz CT molecular complexity index is 1630. The van der Waals surface area contributed by atoms with Crippen LogP contribution in [0.1, 0.15) is 23.0 Å². The zero-order chi connectivity index (χ0) is 26.2. The van der Waals surface area contributed by atoms with Crippen LogP contribution in [-0.4, -0.2) is 25.2 Å². The standard InChI is InChI=1S/C24H17ClN2O8S/c1-14(28)23-15(2)34-22-11-8-16(12-19(22)23)26(24(29)35-17-6-4-3-5-7-17)36(32,33)18-9-10-20(25)21(13-18)27(30)31/h3-13H,1-2H3. The number of furan rings is 1. The van der Waals surface area contributed by atoms with Gasteiger partial charge in [0, 0.05) is 11.5 Å². The molecule has 1 aromatic heterocycles. The summed E-state index contributed by atoms with van der Waals surface area (Å²) >= 11 is 5.84. The van der Waals surface area contributed by atoms with E-state index in [0.717, 1.165) is 18.2 Å². The molecule has 0 saturated heterocycles. The zero-order valence-corrected chi connectivity index (χ0v) is 20.4. The van der Waals surface area contributed by atoms with Crippen LogP contribution in [0.15, 0.2) is 76.0 Å². The molecule has 0 N–H and O–H groups in total. The van der Waals surface area contributed by atoms with E-state index >= 15 is 0 Å². The van der Waals surface area contributed by atoms with Crippen molar-refractivity contribution < 1.29 is 32.1 Å². The van der Waals surface area contributed by atoms with E-state index in [1.165, 1.54) is 37.3 Å². The number of fused-ring (bicyclic) bond motifs is 1. The van der Waals surface area contributed by atoms with Gasteiger partial charge in [0.15, 0.2) is 5.78 Å². The predicted molar refractivity (Wildman–Crippen MR) is 131 cm³/mol. The van der Waals surface area contributed by atoms with Crippen LogP contribution in [0, 0.1) is 17.0 Å². The first-order valence-corrected chi connectivity index (χ1v) is 12.1. The maximum atomic E-state index is 13.7. The zero-order valence-electron chi connectivity index (χ0n) is 18.8. The number of aryl methyl sites for hydroxylation is 1. The third-order valence-corrected chi connectivity index (χ3v) is 7.21. The molecule has 0 atom stereocenters. The third-order valence-electron chi connectivity index (χ3n) is 5.20. The highest BCUT2D eigenvalue weighted by Crippen LogP contribution is 2.34. The number of halogens is 1. The number of nitro groups is 1. The fourth-order valence-electron chi connectivity index (χ4n) is 3.64. The average Bonchev–Trinajstić information content (AvgIpc) is 3.14. The Morgan fingerprint density at radius 1 is 1.06 bits per heavy atom. The molecule has 1 amide bonds. The molecule has 10 nitrogen and oxygen atoms in total. The molecular formula is C24H17ClN2O8S. The molecule has 0 aliphatic rings. The molecule has 0 fully saturated rings.